The zero-order valence-electron chi connectivity index (χ0n) is 31.0. The molecule has 0 bridgehead atoms. The number of anilines is 2. The second kappa shape index (κ2) is 13.6. The van der Waals surface area contributed by atoms with E-state index in [1.54, 1.807) is 25.3 Å². The van der Waals surface area contributed by atoms with Crippen LogP contribution in [0.25, 0.3) is 10.9 Å². The first-order valence-electron chi connectivity index (χ1n) is 19.2. The number of piperidine rings is 3. The number of aromatic nitrogens is 3. The molecule has 2 N–H and O–H groups in total. The maximum atomic E-state index is 13.4. The molecule has 4 aliphatic heterocycles. The number of likely N-dealkylation sites (tertiary alicyclic amines) is 1. The Hall–Kier alpha value is -5.63. The Kier molecular flexibility index (Phi) is 8.67. The summed E-state index contributed by atoms with van der Waals surface area (Å²) in [6.07, 6.45) is 8.92. The fourth-order valence-electron chi connectivity index (χ4n) is 9.40. The van der Waals surface area contributed by atoms with Gasteiger partial charge in [-0.1, -0.05) is 6.07 Å². The van der Waals surface area contributed by atoms with E-state index in [4.69, 9.17) is 9.84 Å². The van der Waals surface area contributed by atoms with Crippen LogP contribution in [0.4, 0.5) is 11.4 Å². The van der Waals surface area contributed by atoms with Gasteiger partial charge in [-0.25, -0.2) is 4.98 Å². The van der Waals surface area contributed by atoms with E-state index in [-0.39, 0.29) is 24.7 Å². The third-order valence-corrected chi connectivity index (χ3v) is 12.6. The minimum Gasteiger partial charge on any atom is -0.494 e. The number of pyridine rings is 1. The van der Waals surface area contributed by atoms with Crippen molar-refractivity contribution in [2.75, 3.05) is 43.5 Å². The van der Waals surface area contributed by atoms with Crippen molar-refractivity contribution in [1.29, 1.82) is 0 Å². The molecule has 1 aliphatic carbocycles. The maximum absolute atomic E-state index is 13.4. The number of rotatable bonds is 7. The van der Waals surface area contributed by atoms with E-state index >= 15 is 0 Å². The first kappa shape index (κ1) is 35.1. The second-order valence-electron chi connectivity index (χ2n) is 15.8. The van der Waals surface area contributed by atoms with Crippen molar-refractivity contribution in [3.63, 3.8) is 0 Å². The highest BCUT2D eigenvalue weighted by atomic mass is 16.5. The molecule has 6 heterocycles. The lowest BCUT2D eigenvalue weighted by Gasteiger charge is -2.56. The molecule has 55 heavy (non-hydrogen) atoms. The van der Waals surface area contributed by atoms with Gasteiger partial charge in [0.25, 0.3) is 17.7 Å². The highest BCUT2D eigenvalue weighted by Gasteiger charge is 2.49. The van der Waals surface area contributed by atoms with Gasteiger partial charge in [-0.3, -0.25) is 38.9 Å². The molecule has 1 atom stereocenters. The van der Waals surface area contributed by atoms with Crippen molar-refractivity contribution in [3.8, 4) is 5.75 Å². The number of benzene rings is 2. The van der Waals surface area contributed by atoms with Crippen LogP contribution < -0.4 is 20.3 Å². The molecule has 14 nitrogen and oxygen atoms in total. The summed E-state index contributed by atoms with van der Waals surface area (Å²) in [4.78, 5) is 73.9. The van der Waals surface area contributed by atoms with Gasteiger partial charge >= 0.3 is 0 Å². The van der Waals surface area contributed by atoms with Gasteiger partial charge < -0.3 is 19.9 Å². The van der Waals surface area contributed by atoms with Crippen molar-refractivity contribution >= 4 is 51.8 Å². The molecule has 1 unspecified atom stereocenters. The fraction of sp³-hybridized carbons (Fsp3) is 0.439. The number of amides is 5. The van der Waals surface area contributed by atoms with E-state index in [1.165, 1.54) is 12.8 Å². The smallest absolute Gasteiger partial charge is 0.274 e. The summed E-state index contributed by atoms with van der Waals surface area (Å²) in [5.74, 6) is -1.67. The molecule has 9 rings (SSSR count). The first-order valence-corrected chi connectivity index (χ1v) is 19.2. The Labute approximate surface area is 318 Å². The summed E-state index contributed by atoms with van der Waals surface area (Å²) in [5.41, 5.74) is 4.43. The number of nitrogens with one attached hydrogen (secondary N) is 2. The highest BCUT2D eigenvalue weighted by Crippen LogP contribution is 2.52. The summed E-state index contributed by atoms with van der Waals surface area (Å²) in [7, 11) is 1.59. The van der Waals surface area contributed by atoms with Crippen molar-refractivity contribution in [3.05, 3.63) is 77.2 Å². The molecule has 2 aromatic carbocycles. The summed E-state index contributed by atoms with van der Waals surface area (Å²) >= 11 is 0. The van der Waals surface area contributed by atoms with Crippen LogP contribution in [0.1, 0.15) is 94.3 Å². The molecule has 5 amide bonds. The highest BCUT2D eigenvalue weighted by molar-refractivity contribution is 6.23. The second-order valence-corrected chi connectivity index (χ2v) is 15.8. The lowest BCUT2D eigenvalue weighted by Crippen LogP contribution is -2.56. The van der Waals surface area contributed by atoms with Crippen molar-refractivity contribution in [2.24, 2.45) is 5.41 Å². The van der Waals surface area contributed by atoms with E-state index in [9.17, 15) is 24.0 Å². The molecule has 1 saturated carbocycles. The zero-order valence-corrected chi connectivity index (χ0v) is 31.0. The number of fused-ring (bicyclic) bond motifs is 2. The lowest BCUT2D eigenvalue weighted by molar-refractivity contribution is -0.136. The SMILES string of the molecule is COc1cc2nn(C3CCN(C4CC5(CCN(c6ccc7c(c6)C(=O)N(C6CCC(=O)NC6=O)C7=O)CC5)C4)CC3)cc2cc1NC(=O)c1cccc(C)n1. The number of ether oxygens (including phenoxy) is 1. The molecule has 2 aromatic heterocycles. The number of hydrogen-bond donors (Lipinski definition) is 2. The largest absolute Gasteiger partial charge is 0.494 e. The normalized spacial score (nSPS) is 21.9. The molecular formula is C41H44N8O6. The topological polar surface area (TPSA) is 159 Å². The minimum atomic E-state index is -0.963. The van der Waals surface area contributed by atoms with Gasteiger partial charge in [-0.15, -0.1) is 0 Å². The van der Waals surface area contributed by atoms with E-state index in [2.05, 4.69) is 36.3 Å². The third kappa shape index (κ3) is 6.31. The standard InChI is InChI=1S/C41H44N8O6/c1-24-4-3-5-31(42-24)37(51)43-33-18-25-23-48(45-32(25)20-35(33)55-2)26-10-14-46(15-11-26)28-21-41(22-28)12-16-47(17-13-41)27-6-7-29-30(19-27)40(54)49(39(29)53)34-8-9-36(50)44-38(34)52/h3-7,18-20,23,26,28,34H,8-17,21-22H2,1-2H3,(H,43,51)(H,44,50,52). The monoisotopic (exact) mass is 744 g/mol. The number of hydrogen-bond acceptors (Lipinski definition) is 10. The van der Waals surface area contributed by atoms with Crippen LogP contribution in [0.2, 0.25) is 0 Å². The third-order valence-electron chi connectivity index (χ3n) is 12.6. The molecule has 14 heteroatoms. The molecule has 4 aromatic rings. The molecule has 1 spiro atoms. The lowest BCUT2D eigenvalue weighted by atomic mass is 9.59. The first-order chi connectivity index (χ1) is 26.6. The summed E-state index contributed by atoms with van der Waals surface area (Å²) in [6, 6.07) is 14.5. The van der Waals surface area contributed by atoms with Gasteiger partial charge in [-0.2, -0.15) is 5.10 Å². The molecule has 5 aliphatic rings. The van der Waals surface area contributed by atoms with Crippen LogP contribution in [0.15, 0.2) is 54.7 Å². The van der Waals surface area contributed by atoms with Crippen molar-refractivity contribution < 1.29 is 28.7 Å². The van der Waals surface area contributed by atoms with Crippen LogP contribution in [-0.2, 0) is 9.59 Å². The number of carbonyl (C=O) groups excluding carboxylic acids is 5. The Morgan fingerprint density at radius 3 is 2.40 bits per heavy atom. The number of aryl methyl sites for hydroxylation is 1. The number of carbonyl (C=O) groups is 5. The van der Waals surface area contributed by atoms with Crippen molar-refractivity contribution in [2.45, 2.75) is 76.4 Å². The number of imide groups is 2. The summed E-state index contributed by atoms with van der Waals surface area (Å²) in [6.45, 7) is 5.68. The Morgan fingerprint density at radius 2 is 1.67 bits per heavy atom. The summed E-state index contributed by atoms with van der Waals surface area (Å²) < 4.78 is 7.70. The Balaban J connectivity index is 0.779. The van der Waals surface area contributed by atoms with Crippen LogP contribution >= 0.6 is 0 Å². The van der Waals surface area contributed by atoms with Crippen LogP contribution in [0.5, 0.6) is 5.75 Å². The van der Waals surface area contributed by atoms with Crippen LogP contribution in [-0.4, -0.2) is 99.5 Å². The molecule has 284 valence electrons. The van der Waals surface area contributed by atoms with E-state index < -0.39 is 23.8 Å². The van der Waals surface area contributed by atoms with Crippen LogP contribution in [0.3, 0.4) is 0 Å². The van der Waals surface area contributed by atoms with E-state index in [1.807, 2.05) is 37.3 Å². The average Bonchev–Trinajstić information content (AvgIpc) is 3.70. The zero-order chi connectivity index (χ0) is 38.0. The van der Waals surface area contributed by atoms with Crippen LogP contribution in [0, 0.1) is 12.3 Å². The molecule has 0 radical (unpaired) electrons. The minimum absolute atomic E-state index is 0.0994. The van der Waals surface area contributed by atoms with Gasteiger partial charge in [-0.05, 0) is 93.7 Å². The molecular weight excluding hydrogens is 701 g/mol. The average molecular weight is 745 g/mol. The van der Waals surface area contributed by atoms with Gasteiger partial charge in [0.05, 0.1) is 35.5 Å². The molecule has 4 fully saturated rings. The number of nitrogens with zero attached hydrogens (tertiary/aromatic N) is 6. The quantitative estimate of drug-likeness (QED) is 0.259. The Morgan fingerprint density at radius 1 is 0.909 bits per heavy atom. The maximum Gasteiger partial charge on any atom is 0.274 e. The predicted octanol–water partition coefficient (Wildman–Crippen LogP) is 4.49. The summed E-state index contributed by atoms with van der Waals surface area (Å²) in [5, 5.41) is 11.1. The van der Waals surface area contributed by atoms with Gasteiger partial charge in [0, 0.05) is 67.7 Å². The number of methoxy groups -OCH3 is 1. The van der Waals surface area contributed by atoms with Gasteiger partial charge in [0.2, 0.25) is 11.8 Å². The predicted molar refractivity (Wildman–Crippen MR) is 203 cm³/mol. The van der Waals surface area contributed by atoms with Crippen molar-refractivity contribution in [1.82, 2.24) is 29.9 Å². The van der Waals surface area contributed by atoms with E-state index in [0.29, 0.717) is 45.8 Å². The Bertz CT molecular complexity index is 2240. The van der Waals surface area contributed by atoms with Gasteiger partial charge in [0.15, 0.2) is 0 Å². The van der Waals surface area contributed by atoms with Gasteiger partial charge in [0.1, 0.15) is 17.5 Å². The molecule has 3 saturated heterocycles. The van der Waals surface area contributed by atoms with E-state index in [0.717, 1.165) is 79.0 Å². The fourth-order valence-corrected chi connectivity index (χ4v) is 9.40.